The van der Waals surface area contributed by atoms with Crippen molar-refractivity contribution >= 4 is 11.9 Å². The van der Waals surface area contributed by atoms with Gasteiger partial charge in [0.15, 0.2) is 0 Å². The van der Waals surface area contributed by atoms with E-state index in [1.807, 2.05) is 0 Å². The topological polar surface area (TPSA) is 77.8 Å². The number of benzene rings is 1. The van der Waals surface area contributed by atoms with E-state index in [9.17, 15) is 14.7 Å². The summed E-state index contributed by atoms with van der Waals surface area (Å²) in [7, 11) is 0. The van der Waals surface area contributed by atoms with Crippen LogP contribution in [0.4, 0.5) is 0 Å². The number of amides is 1. The molecular weight excluding hydrogens is 258 g/mol. The second-order valence-electron chi connectivity index (χ2n) is 5.29. The number of hydrogen-bond donors (Lipinski definition) is 2. The maximum atomic E-state index is 12.2. The third-order valence-corrected chi connectivity index (χ3v) is 3.60. The highest BCUT2D eigenvalue weighted by Gasteiger charge is 2.25. The predicted octanol–water partition coefficient (Wildman–Crippen LogP) is 1.65. The number of hydrogen-bond acceptors (Lipinski definition) is 3. The number of likely N-dealkylation sites (tertiary alicyclic amines) is 1. The van der Waals surface area contributed by atoms with Gasteiger partial charge in [-0.2, -0.15) is 0 Å². The van der Waals surface area contributed by atoms with E-state index in [0.717, 1.165) is 18.4 Å². The molecule has 1 heterocycles. The summed E-state index contributed by atoms with van der Waals surface area (Å²) in [6.07, 6.45) is 2.08. The molecule has 0 spiro atoms. The molecule has 0 aliphatic carbocycles. The van der Waals surface area contributed by atoms with Gasteiger partial charge in [-0.3, -0.25) is 9.59 Å². The van der Waals surface area contributed by atoms with Gasteiger partial charge in [-0.15, -0.1) is 0 Å². The van der Waals surface area contributed by atoms with Crippen LogP contribution in [0.15, 0.2) is 24.3 Å². The third-order valence-electron chi connectivity index (χ3n) is 3.60. The number of phenolic OH excluding ortho intramolecular Hbond substituents is 1. The van der Waals surface area contributed by atoms with Crippen LogP contribution in [0.3, 0.4) is 0 Å². The lowest BCUT2D eigenvalue weighted by atomic mass is 9.94. The minimum Gasteiger partial charge on any atom is -0.508 e. The number of nitrogens with zero attached hydrogens (tertiary/aromatic N) is 1. The van der Waals surface area contributed by atoms with Gasteiger partial charge in [0, 0.05) is 19.5 Å². The van der Waals surface area contributed by atoms with Crippen molar-refractivity contribution in [2.75, 3.05) is 13.1 Å². The Hall–Kier alpha value is -2.04. The van der Waals surface area contributed by atoms with Crippen LogP contribution in [-0.2, 0) is 16.0 Å². The average molecular weight is 277 g/mol. The van der Waals surface area contributed by atoms with E-state index in [4.69, 9.17) is 5.11 Å². The van der Waals surface area contributed by atoms with Gasteiger partial charge in [-0.25, -0.2) is 0 Å². The van der Waals surface area contributed by atoms with Gasteiger partial charge in [0.1, 0.15) is 5.75 Å². The Labute approximate surface area is 117 Å². The molecule has 1 aromatic carbocycles. The number of carbonyl (C=O) groups excluding carboxylic acids is 1. The molecule has 0 bridgehead atoms. The Morgan fingerprint density at radius 1 is 1.35 bits per heavy atom. The van der Waals surface area contributed by atoms with Crippen molar-refractivity contribution in [3.05, 3.63) is 29.8 Å². The lowest BCUT2D eigenvalue weighted by Gasteiger charge is -2.32. The van der Waals surface area contributed by atoms with Gasteiger partial charge in [0.05, 0.1) is 6.42 Å². The Kier molecular flexibility index (Phi) is 4.61. The van der Waals surface area contributed by atoms with Crippen LogP contribution in [0.5, 0.6) is 5.75 Å². The van der Waals surface area contributed by atoms with Crippen LogP contribution in [0.1, 0.15) is 24.8 Å². The first kappa shape index (κ1) is 14.4. The highest BCUT2D eigenvalue weighted by molar-refractivity contribution is 5.79. The normalized spacial score (nSPS) is 18.8. The summed E-state index contributed by atoms with van der Waals surface area (Å²) in [5.74, 6) is -0.616. The van der Waals surface area contributed by atoms with E-state index in [1.54, 1.807) is 29.2 Å². The lowest BCUT2D eigenvalue weighted by molar-refractivity contribution is -0.140. The highest BCUT2D eigenvalue weighted by Crippen LogP contribution is 2.21. The number of phenols is 1. The van der Waals surface area contributed by atoms with Gasteiger partial charge in [-0.05, 0) is 36.5 Å². The first-order chi connectivity index (χ1) is 9.54. The Morgan fingerprint density at radius 3 is 2.85 bits per heavy atom. The van der Waals surface area contributed by atoms with Gasteiger partial charge >= 0.3 is 5.97 Å². The standard InChI is InChI=1S/C15H19NO4/c17-13-5-1-3-11(7-13)8-14(18)16-6-2-4-12(10-16)9-15(19)20/h1,3,5,7,12,17H,2,4,6,8-10H2,(H,19,20). The predicted molar refractivity (Wildman–Crippen MR) is 73.4 cm³/mol. The van der Waals surface area contributed by atoms with Crippen molar-refractivity contribution in [1.29, 1.82) is 0 Å². The summed E-state index contributed by atoms with van der Waals surface area (Å²) in [6, 6.07) is 6.66. The summed E-state index contributed by atoms with van der Waals surface area (Å²) in [5.41, 5.74) is 0.773. The minimum atomic E-state index is -0.808. The molecule has 0 radical (unpaired) electrons. The first-order valence-electron chi connectivity index (χ1n) is 6.82. The molecule has 0 aromatic heterocycles. The summed E-state index contributed by atoms with van der Waals surface area (Å²) in [4.78, 5) is 24.7. The van der Waals surface area contributed by atoms with Crippen molar-refractivity contribution in [2.45, 2.75) is 25.7 Å². The molecule has 1 saturated heterocycles. The van der Waals surface area contributed by atoms with Gasteiger partial charge in [0.25, 0.3) is 0 Å². The molecule has 2 N–H and O–H groups in total. The number of carbonyl (C=O) groups is 2. The number of carboxylic acids is 1. The Bertz CT molecular complexity index is 500. The first-order valence-corrected chi connectivity index (χ1v) is 6.82. The van der Waals surface area contributed by atoms with Gasteiger partial charge in [0.2, 0.25) is 5.91 Å². The Morgan fingerprint density at radius 2 is 2.15 bits per heavy atom. The quantitative estimate of drug-likeness (QED) is 0.877. The molecule has 0 saturated carbocycles. The molecule has 108 valence electrons. The lowest BCUT2D eigenvalue weighted by Crippen LogP contribution is -2.41. The van der Waals surface area contributed by atoms with Crippen molar-refractivity contribution in [3.63, 3.8) is 0 Å². The van der Waals surface area contributed by atoms with Crippen LogP contribution >= 0.6 is 0 Å². The monoisotopic (exact) mass is 277 g/mol. The van der Waals surface area contributed by atoms with Crippen LogP contribution in [-0.4, -0.2) is 40.1 Å². The molecule has 1 aliphatic rings. The summed E-state index contributed by atoms with van der Waals surface area (Å²) in [5, 5.41) is 18.2. The minimum absolute atomic E-state index is 0.00862. The number of carboxylic acid groups (broad SMARTS) is 1. The number of aliphatic carboxylic acids is 1. The second-order valence-corrected chi connectivity index (χ2v) is 5.29. The van der Waals surface area contributed by atoms with Crippen molar-refractivity contribution in [2.24, 2.45) is 5.92 Å². The maximum Gasteiger partial charge on any atom is 0.303 e. The summed E-state index contributed by atoms with van der Waals surface area (Å²) in [6.45, 7) is 1.21. The van der Waals surface area contributed by atoms with E-state index in [-0.39, 0.29) is 30.4 Å². The van der Waals surface area contributed by atoms with E-state index >= 15 is 0 Å². The van der Waals surface area contributed by atoms with Crippen LogP contribution < -0.4 is 0 Å². The fourth-order valence-electron chi connectivity index (χ4n) is 2.66. The number of aromatic hydroxyl groups is 1. The summed E-state index contributed by atoms with van der Waals surface area (Å²) < 4.78 is 0. The molecule has 1 aliphatic heterocycles. The molecule has 1 unspecified atom stereocenters. The highest BCUT2D eigenvalue weighted by atomic mass is 16.4. The molecular formula is C15H19NO4. The van der Waals surface area contributed by atoms with Crippen molar-refractivity contribution in [1.82, 2.24) is 4.90 Å². The van der Waals surface area contributed by atoms with E-state index in [2.05, 4.69) is 0 Å². The van der Waals surface area contributed by atoms with Crippen LogP contribution in [0.25, 0.3) is 0 Å². The number of piperidine rings is 1. The smallest absolute Gasteiger partial charge is 0.303 e. The zero-order chi connectivity index (χ0) is 14.5. The van der Waals surface area contributed by atoms with Crippen molar-refractivity contribution < 1.29 is 19.8 Å². The van der Waals surface area contributed by atoms with Crippen LogP contribution in [0, 0.1) is 5.92 Å². The molecule has 20 heavy (non-hydrogen) atoms. The molecule has 1 atom stereocenters. The van der Waals surface area contributed by atoms with E-state index in [0.29, 0.717) is 13.1 Å². The van der Waals surface area contributed by atoms with E-state index < -0.39 is 5.97 Å². The fourth-order valence-corrected chi connectivity index (χ4v) is 2.66. The van der Waals surface area contributed by atoms with E-state index in [1.165, 1.54) is 0 Å². The fraction of sp³-hybridized carbons (Fsp3) is 0.467. The molecule has 1 aromatic rings. The second kappa shape index (κ2) is 6.41. The Balaban J connectivity index is 1.93. The number of rotatable bonds is 4. The SMILES string of the molecule is O=C(O)CC1CCCN(C(=O)Cc2cccc(O)c2)C1. The van der Waals surface area contributed by atoms with Crippen LogP contribution in [0.2, 0.25) is 0 Å². The molecule has 2 rings (SSSR count). The van der Waals surface area contributed by atoms with Gasteiger partial charge < -0.3 is 15.1 Å². The zero-order valence-electron chi connectivity index (χ0n) is 11.3. The average Bonchev–Trinajstić information content (AvgIpc) is 2.38. The molecule has 5 nitrogen and oxygen atoms in total. The van der Waals surface area contributed by atoms with Crippen molar-refractivity contribution in [3.8, 4) is 5.75 Å². The summed E-state index contributed by atoms with van der Waals surface area (Å²) >= 11 is 0. The largest absolute Gasteiger partial charge is 0.508 e. The molecule has 1 fully saturated rings. The molecule has 5 heteroatoms. The molecule has 1 amide bonds. The maximum absolute atomic E-state index is 12.2. The zero-order valence-corrected chi connectivity index (χ0v) is 11.3. The van der Waals surface area contributed by atoms with Gasteiger partial charge in [-0.1, -0.05) is 12.1 Å². The third kappa shape index (κ3) is 3.98.